The lowest BCUT2D eigenvalue weighted by Gasteiger charge is -2.36. The van der Waals surface area contributed by atoms with Crippen LogP contribution >= 0.6 is 0 Å². The molecule has 1 saturated heterocycles. The Labute approximate surface area is 148 Å². The summed E-state index contributed by atoms with van der Waals surface area (Å²) in [7, 11) is 0. The first-order chi connectivity index (χ1) is 12.0. The second kappa shape index (κ2) is 7.46. The van der Waals surface area contributed by atoms with Crippen molar-refractivity contribution in [1.82, 2.24) is 19.9 Å². The molecule has 0 saturated carbocycles. The summed E-state index contributed by atoms with van der Waals surface area (Å²) in [6.07, 6.45) is 3.32. The third-order valence-electron chi connectivity index (χ3n) is 4.23. The van der Waals surface area contributed by atoms with Gasteiger partial charge < -0.3 is 15.1 Å². The van der Waals surface area contributed by atoms with Crippen LogP contribution in [0.2, 0.25) is 0 Å². The molecule has 0 radical (unpaired) electrons. The van der Waals surface area contributed by atoms with Gasteiger partial charge in [-0.15, -0.1) is 0 Å². The van der Waals surface area contributed by atoms with Crippen LogP contribution in [-0.2, 0) is 4.79 Å². The minimum absolute atomic E-state index is 0.0447. The van der Waals surface area contributed by atoms with Gasteiger partial charge in [0.15, 0.2) is 0 Å². The molecule has 3 heterocycles. The van der Waals surface area contributed by atoms with Crippen LogP contribution in [0.5, 0.6) is 0 Å². The maximum absolute atomic E-state index is 12.1. The normalized spacial score (nSPS) is 14.7. The van der Waals surface area contributed by atoms with Crippen LogP contribution in [0.3, 0.4) is 0 Å². The van der Waals surface area contributed by atoms with Gasteiger partial charge in [-0.1, -0.05) is 13.8 Å². The molecule has 1 aliphatic heterocycles. The molecule has 7 heteroatoms. The largest absolute Gasteiger partial charge is 0.353 e. The number of aromatic nitrogens is 3. The highest BCUT2D eigenvalue weighted by Crippen LogP contribution is 2.19. The smallest absolute Gasteiger partial charge is 0.225 e. The number of aryl methyl sites for hydroxylation is 1. The van der Waals surface area contributed by atoms with Crippen molar-refractivity contribution in [2.24, 2.45) is 5.92 Å². The zero-order valence-corrected chi connectivity index (χ0v) is 14.9. The highest BCUT2D eigenvalue weighted by Gasteiger charge is 2.23. The van der Waals surface area contributed by atoms with Gasteiger partial charge in [0.05, 0.1) is 0 Å². The van der Waals surface area contributed by atoms with E-state index in [1.165, 1.54) is 0 Å². The van der Waals surface area contributed by atoms with E-state index in [1.54, 1.807) is 12.5 Å². The Morgan fingerprint density at radius 3 is 2.48 bits per heavy atom. The van der Waals surface area contributed by atoms with Crippen molar-refractivity contribution in [3.05, 3.63) is 36.3 Å². The first kappa shape index (κ1) is 17.1. The molecular formula is C18H24N6O. The molecule has 1 amide bonds. The lowest BCUT2D eigenvalue weighted by atomic mass is 10.1. The monoisotopic (exact) mass is 340 g/mol. The van der Waals surface area contributed by atoms with E-state index in [9.17, 15) is 4.79 Å². The van der Waals surface area contributed by atoms with Crippen LogP contribution in [0.25, 0.3) is 0 Å². The van der Waals surface area contributed by atoms with Crippen molar-refractivity contribution in [1.29, 1.82) is 0 Å². The van der Waals surface area contributed by atoms with Crippen molar-refractivity contribution in [3.63, 3.8) is 0 Å². The van der Waals surface area contributed by atoms with Gasteiger partial charge in [-0.25, -0.2) is 15.0 Å². The van der Waals surface area contributed by atoms with Crippen molar-refractivity contribution >= 4 is 23.4 Å². The molecule has 0 bridgehead atoms. The van der Waals surface area contributed by atoms with E-state index < -0.39 is 0 Å². The fourth-order valence-corrected chi connectivity index (χ4v) is 2.85. The highest BCUT2D eigenvalue weighted by atomic mass is 16.2. The summed E-state index contributed by atoms with van der Waals surface area (Å²) >= 11 is 0. The molecule has 0 unspecified atom stereocenters. The van der Waals surface area contributed by atoms with Gasteiger partial charge in [0.2, 0.25) is 5.91 Å². The van der Waals surface area contributed by atoms with Crippen LogP contribution in [0.15, 0.2) is 30.7 Å². The molecule has 3 rings (SSSR count). The molecule has 0 atom stereocenters. The van der Waals surface area contributed by atoms with E-state index in [0.29, 0.717) is 5.82 Å². The van der Waals surface area contributed by atoms with Crippen LogP contribution < -0.4 is 10.2 Å². The quantitative estimate of drug-likeness (QED) is 0.920. The molecule has 1 fully saturated rings. The van der Waals surface area contributed by atoms with E-state index in [4.69, 9.17) is 0 Å². The van der Waals surface area contributed by atoms with Crippen molar-refractivity contribution in [2.45, 2.75) is 20.8 Å². The Morgan fingerprint density at radius 2 is 1.80 bits per heavy atom. The fourth-order valence-electron chi connectivity index (χ4n) is 2.85. The minimum atomic E-state index is 0.0447. The lowest BCUT2D eigenvalue weighted by molar-refractivity contribution is -0.134. The SMILES string of the molecule is Cc1ccnc(Nc2cc(N3CCN(C(=O)C(C)C)CC3)ncn2)c1. The van der Waals surface area contributed by atoms with Gasteiger partial charge in [0.25, 0.3) is 0 Å². The fraction of sp³-hybridized carbons (Fsp3) is 0.444. The number of piperazine rings is 1. The lowest BCUT2D eigenvalue weighted by Crippen LogP contribution is -2.50. The molecule has 0 aliphatic carbocycles. The van der Waals surface area contributed by atoms with Gasteiger partial charge in [-0.05, 0) is 24.6 Å². The Bertz CT molecular complexity index is 740. The zero-order chi connectivity index (χ0) is 17.8. The summed E-state index contributed by atoms with van der Waals surface area (Å²) in [5.41, 5.74) is 1.14. The summed E-state index contributed by atoms with van der Waals surface area (Å²) < 4.78 is 0. The number of hydrogen-bond acceptors (Lipinski definition) is 6. The highest BCUT2D eigenvalue weighted by molar-refractivity contribution is 5.78. The molecule has 0 spiro atoms. The summed E-state index contributed by atoms with van der Waals surface area (Å²) in [6, 6.07) is 5.84. The molecule has 1 N–H and O–H groups in total. The molecule has 25 heavy (non-hydrogen) atoms. The van der Waals surface area contributed by atoms with E-state index in [0.717, 1.165) is 43.4 Å². The van der Waals surface area contributed by atoms with E-state index in [2.05, 4.69) is 25.2 Å². The second-order valence-corrected chi connectivity index (χ2v) is 6.57. The summed E-state index contributed by atoms with van der Waals surface area (Å²) in [6.45, 7) is 8.91. The number of carbonyl (C=O) groups excluding carboxylic acids is 1. The number of amides is 1. The third-order valence-corrected chi connectivity index (χ3v) is 4.23. The average molecular weight is 340 g/mol. The number of nitrogens with one attached hydrogen (secondary N) is 1. The van der Waals surface area contributed by atoms with Gasteiger partial charge in [-0.2, -0.15) is 0 Å². The van der Waals surface area contributed by atoms with Crippen LogP contribution in [-0.4, -0.2) is 51.9 Å². The molecule has 7 nitrogen and oxygen atoms in total. The van der Waals surface area contributed by atoms with Crippen LogP contribution in [0.1, 0.15) is 19.4 Å². The van der Waals surface area contributed by atoms with Gasteiger partial charge in [-0.3, -0.25) is 4.79 Å². The van der Waals surface area contributed by atoms with Crippen LogP contribution in [0, 0.1) is 12.8 Å². The van der Waals surface area contributed by atoms with Crippen LogP contribution in [0.4, 0.5) is 17.5 Å². The Kier molecular flexibility index (Phi) is 5.11. The van der Waals surface area contributed by atoms with Gasteiger partial charge in [0.1, 0.15) is 23.8 Å². The summed E-state index contributed by atoms with van der Waals surface area (Å²) in [4.78, 5) is 29.1. The van der Waals surface area contributed by atoms with E-state index in [1.807, 2.05) is 43.9 Å². The number of hydrogen-bond donors (Lipinski definition) is 1. The first-order valence-electron chi connectivity index (χ1n) is 8.58. The van der Waals surface area contributed by atoms with Crippen molar-refractivity contribution < 1.29 is 4.79 Å². The molecule has 2 aromatic heterocycles. The average Bonchev–Trinajstić information content (AvgIpc) is 2.61. The maximum Gasteiger partial charge on any atom is 0.225 e. The Balaban J connectivity index is 1.65. The maximum atomic E-state index is 12.1. The number of rotatable bonds is 4. The number of anilines is 3. The predicted molar refractivity (Wildman–Crippen MR) is 97.9 cm³/mol. The Morgan fingerprint density at radius 1 is 1.08 bits per heavy atom. The molecular weight excluding hydrogens is 316 g/mol. The standard InChI is InChI=1S/C18H24N6O/c1-13(2)18(25)24-8-6-23(7-9-24)17-11-16(20-12-21-17)22-15-10-14(3)4-5-19-15/h4-5,10-13H,6-9H2,1-3H3,(H,19,20,21,22). The number of carbonyl (C=O) groups is 1. The summed E-state index contributed by atoms with van der Waals surface area (Å²) in [5, 5.41) is 3.21. The minimum Gasteiger partial charge on any atom is -0.353 e. The zero-order valence-electron chi connectivity index (χ0n) is 14.9. The molecule has 0 aromatic carbocycles. The van der Waals surface area contributed by atoms with E-state index >= 15 is 0 Å². The molecule has 1 aliphatic rings. The van der Waals surface area contributed by atoms with Gasteiger partial charge >= 0.3 is 0 Å². The predicted octanol–water partition coefficient (Wildman–Crippen LogP) is 2.23. The molecule has 2 aromatic rings. The van der Waals surface area contributed by atoms with E-state index in [-0.39, 0.29) is 11.8 Å². The summed E-state index contributed by atoms with van der Waals surface area (Å²) in [5.74, 6) is 2.60. The van der Waals surface area contributed by atoms with Gasteiger partial charge in [0, 0.05) is 44.4 Å². The number of nitrogens with zero attached hydrogens (tertiary/aromatic N) is 5. The van der Waals surface area contributed by atoms with Crippen molar-refractivity contribution in [2.75, 3.05) is 36.4 Å². The number of pyridine rings is 1. The van der Waals surface area contributed by atoms with Crippen molar-refractivity contribution in [3.8, 4) is 0 Å². The third kappa shape index (κ3) is 4.23. The Hall–Kier alpha value is -2.70. The topological polar surface area (TPSA) is 74.2 Å². The second-order valence-electron chi connectivity index (χ2n) is 6.57. The molecule has 132 valence electrons. The first-order valence-corrected chi connectivity index (χ1v) is 8.58.